The minimum absolute atomic E-state index is 0.0254. The van der Waals surface area contributed by atoms with Crippen LogP contribution in [0.3, 0.4) is 0 Å². The lowest BCUT2D eigenvalue weighted by molar-refractivity contribution is -0.132. The van der Waals surface area contributed by atoms with Crippen LogP contribution in [0, 0.1) is 0 Å². The molecule has 0 spiro atoms. The van der Waals surface area contributed by atoms with E-state index in [0.717, 1.165) is 22.4 Å². The molecule has 1 aromatic carbocycles. The van der Waals surface area contributed by atoms with Gasteiger partial charge in [0, 0.05) is 18.0 Å². The van der Waals surface area contributed by atoms with Gasteiger partial charge < -0.3 is 25.4 Å². The fourth-order valence-corrected chi connectivity index (χ4v) is 4.06. The zero-order valence-electron chi connectivity index (χ0n) is 15.4. The number of nitrogens with zero attached hydrogens (tertiary/aromatic N) is 1. The van der Waals surface area contributed by atoms with Crippen molar-refractivity contribution in [3.63, 3.8) is 0 Å². The lowest BCUT2D eigenvalue weighted by Crippen LogP contribution is -2.40. The average Bonchev–Trinajstić information content (AvgIpc) is 3.20. The molecule has 1 atom stereocenters. The van der Waals surface area contributed by atoms with Gasteiger partial charge in [-0.2, -0.15) is 0 Å². The van der Waals surface area contributed by atoms with Gasteiger partial charge in [0.25, 0.3) is 0 Å². The molecule has 8 heteroatoms. The van der Waals surface area contributed by atoms with Gasteiger partial charge in [-0.15, -0.1) is 11.3 Å². The van der Waals surface area contributed by atoms with E-state index in [1.807, 2.05) is 29.6 Å². The highest BCUT2D eigenvalue weighted by Gasteiger charge is 2.26. The monoisotopic (exact) mass is 389 g/mol. The van der Waals surface area contributed by atoms with E-state index >= 15 is 0 Å². The summed E-state index contributed by atoms with van der Waals surface area (Å²) < 4.78 is 10.7. The summed E-state index contributed by atoms with van der Waals surface area (Å²) in [6.07, 6.45) is 0.917. The highest BCUT2D eigenvalue weighted by atomic mass is 32.1. The van der Waals surface area contributed by atoms with Crippen LogP contribution in [0.1, 0.15) is 28.5 Å². The Labute approximate surface area is 162 Å². The minimum Gasteiger partial charge on any atom is -0.493 e. The molecule has 2 heterocycles. The van der Waals surface area contributed by atoms with Crippen LogP contribution < -0.4 is 20.5 Å². The second-order valence-corrected chi connectivity index (χ2v) is 7.30. The molecule has 0 saturated carbocycles. The zero-order chi connectivity index (χ0) is 19.4. The molecule has 1 unspecified atom stereocenters. The fraction of sp³-hybridized carbons (Fsp3) is 0.368. The third kappa shape index (κ3) is 4.33. The van der Waals surface area contributed by atoms with Crippen LogP contribution in [0.25, 0.3) is 0 Å². The number of primary amides is 1. The van der Waals surface area contributed by atoms with Gasteiger partial charge in [-0.25, -0.2) is 4.79 Å². The molecule has 144 valence electrons. The highest BCUT2D eigenvalue weighted by molar-refractivity contribution is 7.10. The average molecular weight is 389 g/mol. The van der Waals surface area contributed by atoms with Crippen molar-refractivity contribution in [2.75, 3.05) is 20.8 Å². The lowest BCUT2D eigenvalue weighted by Gasteiger charge is -2.31. The van der Waals surface area contributed by atoms with Crippen LogP contribution >= 0.6 is 11.3 Å². The van der Waals surface area contributed by atoms with Gasteiger partial charge in [0.1, 0.15) is 0 Å². The number of rotatable bonds is 6. The Morgan fingerprint density at radius 1 is 1.26 bits per heavy atom. The number of hydrogen-bond donors (Lipinski definition) is 2. The minimum atomic E-state index is -0.637. The molecule has 7 nitrogen and oxygen atoms in total. The molecular weight excluding hydrogens is 366 g/mol. The number of thiophene rings is 1. The molecule has 2 aromatic rings. The van der Waals surface area contributed by atoms with Gasteiger partial charge in [0.2, 0.25) is 5.91 Å². The normalized spacial score (nSPS) is 14.2. The van der Waals surface area contributed by atoms with Crippen LogP contribution in [-0.2, 0) is 17.8 Å². The van der Waals surface area contributed by atoms with Gasteiger partial charge in [0.15, 0.2) is 11.5 Å². The number of carbonyl (C=O) groups is 2. The standard InChI is InChI=1S/C19H23N3O4S/c1-25-15-8-12-5-6-22(11-13(12)9-16(15)26-2)18(23)10-14(21-19(20)24)17-4-3-7-27-17/h3-4,7-9,14H,5-6,10-11H2,1-2H3,(H3,20,21,24). The van der Waals surface area contributed by atoms with Crippen molar-refractivity contribution in [2.45, 2.75) is 25.4 Å². The first kappa shape index (κ1) is 19.0. The van der Waals surface area contributed by atoms with Crippen molar-refractivity contribution in [2.24, 2.45) is 5.73 Å². The molecule has 0 aliphatic carbocycles. The van der Waals surface area contributed by atoms with Crippen molar-refractivity contribution in [3.8, 4) is 11.5 Å². The summed E-state index contributed by atoms with van der Waals surface area (Å²) in [5.41, 5.74) is 7.48. The third-order valence-corrected chi connectivity index (χ3v) is 5.64. The number of nitrogens with two attached hydrogens (primary N) is 1. The van der Waals surface area contributed by atoms with Crippen LogP contribution in [-0.4, -0.2) is 37.6 Å². The number of nitrogens with one attached hydrogen (secondary N) is 1. The van der Waals surface area contributed by atoms with E-state index in [0.29, 0.717) is 24.6 Å². The quantitative estimate of drug-likeness (QED) is 0.793. The SMILES string of the molecule is COc1cc2c(cc1OC)CN(C(=O)CC(NC(N)=O)c1cccs1)CC2. The predicted molar refractivity (Wildman–Crippen MR) is 103 cm³/mol. The number of carbonyl (C=O) groups excluding carboxylic acids is 2. The first-order valence-electron chi connectivity index (χ1n) is 8.62. The molecule has 27 heavy (non-hydrogen) atoms. The molecule has 1 aliphatic rings. The van der Waals surface area contributed by atoms with Gasteiger partial charge >= 0.3 is 6.03 Å². The maximum absolute atomic E-state index is 12.9. The number of hydrogen-bond acceptors (Lipinski definition) is 5. The summed E-state index contributed by atoms with van der Waals surface area (Å²) in [4.78, 5) is 26.9. The Kier molecular flexibility index (Phi) is 5.85. The Hall–Kier alpha value is -2.74. The largest absolute Gasteiger partial charge is 0.493 e. The second kappa shape index (κ2) is 8.30. The first-order chi connectivity index (χ1) is 13.0. The van der Waals surface area contributed by atoms with Crippen LogP contribution in [0.4, 0.5) is 4.79 Å². The number of benzene rings is 1. The summed E-state index contributed by atoms with van der Waals surface area (Å²) in [5, 5.41) is 4.58. The molecule has 0 radical (unpaired) electrons. The topological polar surface area (TPSA) is 93.9 Å². The van der Waals surface area contributed by atoms with E-state index in [1.165, 1.54) is 11.3 Å². The summed E-state index contributed by atoms with van der Waals surface area (Å²) in [5.74, 6) is 1.32. The summed E-state index contributed by atoms with van der Waals surface area (Å²) in [7, 11) is 3.20. The molecule has 1 aliphatic heterocycles. The molecule has 3 N–H and O–H groups in total. The molecule has 3 rings (SSSR count). The van der Waals surface area contributed by atoms with Crippen LogP contribution in [0.15, 0.2) is 29.6 Å². The Morgan fingerprint density at radius 3 is 2.56 bits per heavy atom. The number of urea groups is 1. The number of ether oxygens (including phenoxy) is 2. The van der Waals surface area contributed by atoms with E-state index in [9.17, 15) is 9.59 Å². The van der Waals surface area contributed by atoms with E-state index < -0.39 is 12.1 Å². The Morgan fingerprint density at radius 2 is 1.96 bits per heavy atom. The molecule has 1 aromatic heterocycles. The van der Waals surface area contributed by atoms with Crippen molar-refractivity contribution in [1.82, 2.24) is 10.2 Å². The third-order valence-electron chi connectivity index (χ3n) is 4.65. The number of amides is 3. The molecule has 0 bridgehead atoms. The van der Waals surface area contributed by atoms with Gasteiger partial charge in [-0.05, 0) is 41.1 Å². The van der Waals surface area contributed by atoms with E-state index in [-0.39, 0.29) is 12.3 Å². The molecule has 0 fully saturated rings. The number of fused-ring (bicyclic) bond motifs is 1. The lowest BCUT2D eigenvalue weighted by atomic mass is 9.98. The summed E-state index contributed by atoms with van der Waals surface area (Å²) >= 11 is 1.49. The Bertz CT molecular complexity index is 823. The van der Waals surface area contributed by atoms with Crippen molar-refractivity contribution >= 4 is 23.3 Å². The van der Waals surface area contributed by atoms with Gasteiger partial charge in [-0.3, -0.25) is 4.79 Å². The van der Waals surface area contributed by atoms with E-state index in [4.69, 9.17) is 15.2 Å². The molecule has 3 amide bonds. The Balaban J connectivity index is 1.74. The second-order valence-electron chi connectivity index (χ2n) is 6.32. The van der Waals surface area contributed by atoms with E-state index in [1.54, 1.807) is 19.1 Å². The first-order valence-corrected chi connectivity index (χ1v) is 9.50. The van der Waals surface area contributed by atoms with Gasteiger partial charge in [0.05, 0.1) is 26.7 Å². The fourth-order valence-electron chi connectivity index (χ4n) is 3.28. The molecular formula is C19H23N3O4S. The van der Waals surface area contributed by atoms with Crippen LogP contribution in [0.5, 0.6) is 11.5 Å². The molecule has 0 saturated heterocycles. The van der Waals surface area contributed by atoms with Crippen molar-refractivity contribution < 1.29 is 19.1 Å². The van der Waals surface area contributed by atoms with Crippen LogP contribution in [0.2, 0.25) is 0 Å². The van der Waals surface area contributed by atoms with Gasteiger partial charge in [-0.1, -0.05) is 6.07 Å². The maximum Gasteiger partial charge on any atom is 0.312 e. The predicted octanol–water partition coefficient (Wildman–Crippen LogP) is 2.45. The smallest absolute Gasteiger partial charge is 0.312 e. The summed E-state index contributed by atoms with van der Waals surface area (Å²) in [6.45, 7) is 1.12. The number of methoxy groups -OCH3 is 2. The maximum atomic E-state index is 12.9. The van der Waals surface area contributed by atoms with E-state index in [2.05, 4.69) is 5.32 Å². The summed E-state index contributed by atoms with van der Waals surface area (Å²) in [6, 6.07) is 6.62. The van der Waals surface area contributed by atoms with Crippen molar-refractivity contribution in [3.05, 3.63) is 45.6 Å². The van der Waals surface area contributed by atoms with Crippen molar-refractivity contribution in [1.29, 1.82) is 0 Å². The highest BCUT2D eigenvalue weighted by Crippen LogP contribution is 2.33. The zero-order valence-corrected chi connectivity index (χ0v) is 16.2.